The van der Waals surface area contributed by atoms with Crippen molar-refractivity contribution in [1.29, 1.82) is 0 Å². The lowest BCUT2D eigenvalue weighted by atomic mass is 10.1. The number of sulfone groups is 1. The van der Waals surface area contributed by atoms with Gasteiger partial charge in [-0.3, -0.25) is 14.9 Å². The zero-order chi connectivity index (χ0) is 17.7. The minimum atomic E-state index is -3.31. The Balaban J connectivity index is 2.19. The first kappa shape index (κ1) is 17.6. The predicted octanol–water partition coefficient (Wildman–Crippen LogP) is 2.71. The first-order valence-corrected chi connectivity index (χ1v) is 8.71. The van der Waals surface area contributed by atoms with Gasteiger partial charge in [-0.2, -0.15) is 0 Å². The smallest absolute Gasteiger partial charge is 0.269 e. The Morgan fingerprint density at radius 3 is 2.17 bits per heavy atom. The summed E-state index contributed by atoms with van der Waals surface area (Å²) in [5.41, 5.74) is 0.400. The van der Waals surface area contributed by atoms with Crippen molar-refractivity contribution in [3.63, 3.8) is 0 Å². The van der Waals surface area contributed by atoms with Crippen molar-refractivity contribution in [3.8, 4) is 5.75 Å². The highest BCUT2D eigenvalue weighted by molar-refractivity contribution is 7.91. The maximum atomic E-state index is 11.8. The Morgan fingerprint density at radius 2 is 1.71 bits per heavy atom. The number of benzene rings is 2. The van der Waals surface area contributed by atoms with Crippen molar-refractivity contribution in [2.24, 2.45) is 0 Å². The molecule has 0 spiro atoms. The van der Waals surface area contributed by atoms with Crippen LogP contribution in [0.4, 0.5) is 5.69 Å². The van der Waals surface area contributed by atoms with Gasteiger partial charge in [0.25, 0.3) is 5.69 Å². The normalized spacial score (nSPS) is 12.4. The van der Waals surface area contributed by atoms with E-state index >= 15 is 0 Å². The largest absolute Gasteiger partial charge is 0.478 e. The first-order chi connectivity index (χ1) is 11.4. The van der Waals surface area contributed by atoms with Gasteiger partial charge in [0, 0.05) is 12.1 Å². The maximum Gasteiger partial charge on any atom is 0.269 e. The van der Waals surface area contributed by atoms with E-state index in [1.54, 1.807) is 6.92 Å². The third kappa shape index (κ3) is 3.96. The number of nitro groups is 1. The van der Waals surface area contributed by atoms with E-state index in [-0.39, 0.29) is 16.3 Å². The Morgan fingerprint density at radius 1 is 1.12 bits per heavy atom. The van der Waals surface area contributed by atoms with Crippen molar-refractivity contribution < 1.29 is 22.9 Å². The molecule has 8 heteroatoms. The van der Waals surface area contributed by atoms with Crippen LogP contribution in [0.3, 0.4) is 0 Å². The second kappa shape index (κ2) is 7.22. The average molecular weight is 349 g/mol. The van der Waals surface area contributed by atoms with Crippen LogP contribution in [0.1, 0.15) is 18.6 Å². The Labute approximate surface area is 139 Å². The Hall–Kier alpha value is -2.74. The minimum Gasteiger partial charge on any atom is -0.478 e. The monoisotopic (exact) mass is 349 g/mol. The van der Waals surface area contributed by atoms with E-state index in [0.29, 0.717) is 17.6 Å². The molecular weight excluding hydrogens is 334 g/mol. The second-order valence-electron chi connectivity index (χ2n) is 4.90. The summed E-state index contributed by atoms with van der Waals surface area (Å²) in [5.74, 6) is 0.283. The zero-order valence-corrected chi connectivity index (χ0v) is 13.6. The van der Waals surface area contributed by atoms with E-state index in [2.05, 4.69) is 0 Å². The summed E-state index contributed by atoms with van der Waals surface area (Å²) in [5, 5.41) is 10.6. The summed E-state index contributed by atoms with van der Waals surface area (Å²) in [6, 6.07) is 11.2. The predicted molar refractivity (Wildman–Crippen MR) is 86.7 cm³/mol. The first-order valence-electron chi connectivity index (χ1n) is 7.06. The lowest BCUT2D eigenvalue weighted by molar-refractivity contribution is -0.384. The molecule has 126 valence electrons. The molecule has 0 aromatic heterocycles. The molecule has 0 N–H and O–H groups in total. The summed E-state index contributed by atoms with van der Waals surface area (Å²) < 4.78 is 29.0. The fourth-order valence-electron chi connectivity index (χ4n) is 2.00. The van der Waals surface area contributed by atoms with Crippen molar-refractivity contribution >= 4 is 21.8 Å². The number of carbonyl (C=O) groups is 1. The third-order valence-corrected chi connectivity index (χ3v) is 5.13. The Kier molecular flexibility index (Phi) is 5.30. The number of carbonyl (C=O) groups excluding carboxylic acids is 1. The SMILES string of the molecule is CCS(=O)(=O)c1ccc(C(C=O)Oc2ccc([N+](=O)[O-])cc2)cc1. The second-order valence-corrected chi connectivity index (χ2v) is 7.18. The molecule has 7 nitrogen and oxygen atoms in total. The maximum absolute atomic E-state index is 11.8. The number of aldehydes is 1. The number of nitrogens with zero attached hydrogens (tertiary/aromatic N) is 1. The molecule has 0 aliphatic rings. The summed E-state index contributed by atoms with van der Waals surface area (Å²) in [6.45, 7) is 1.55. The molecule has 2 rings (SSSR count). The van der Waals surface area contributed by atoms with E-state index in [0.717, 1.165) is 0 Å². The highest BCUT2D eigenvalue weighted by Crippen LogP contribution is 2.24. The molecule has 1 unspecified atom stereocenters. The van der Waals surface area contributed by atoms with Crippen LogP contribution < -0.4 is 4.74 Å². The molecule has 1 atom stereocenters. The van der Waals surface area contributed by atoms with Crippen molar-refractivity contribution in [2.45, 2.75) is 17.9 Å². The van der Waals surface area contributed by atoms with E-state index in [1.165, 1.54) is 48.5 Å². The number of nitro benzene ring substituents is 1. The number of rotatable bonds is 7. The highest BCUT2D eigenvalue weighted by atomic mass is 32.2. The van der Waals surface area contributed by atoms with E-state index < -0.39 is 20.9 Å². The van der Waals surface area contributed by atoms with Gasteiger partial charge in [-0.05, 0) is 29.8 Å². The number of non-ortho nitro benzene ring substituents is 1. The number of hydrogen-bond acceptors (Lipinski definition) is 6. The summed E-state index contributed by atoms with van der Waals surface area (Å²) in [4.78, 5) is 21.5. The quantitative estimate of drug-likeness (QED) is 0.432. The zero-order valence-electron chi connectivity index (χ0n) is 12.8. The van der Waals surface area contributed by atoms with Crippen LogP contribution in [0, 0.1) is 10.1 Å². The van der Waals surface area contributed by atoms with Crippen LogP contribution in [0.25, 0.3) is 0 Å². The molecule has 0 fully saturated rings. The van der Waals surface area contributed by atoms with Crippen LogP contribution in [0.15, 0.2) is 53.4 Å². The average Bonchev–Trinajstić information content (AvgIpc) is 2.60. The van der Waals surface area contributed by atoms with Crippen LogP contribution >= 0.6 is 0 Å². The topological polar surface area (TPSA) is 104 Å². The van der Waals surface area contributed by atoms with Crippen molar-refractivity contribution in [1.82, 2.24) is 0 Å². The lowest BCUT2D eigenvalue weighted by Crippen LogP contribution is -2.10. The van der Waals surface area contributed by atoms with Gasteiger partial charge in [-0.15, -0.1) is 0 Å². The van der Waals surface area contributed by atoms with Gasteiger partial charge < -0.3 is 4.74 Å². The van der Waals surface area contributed by atoms with Gasteiger partial charge in [0.05, 0.1) is 15.6 Å². The Bertz CT molecular complexity index is 828. The van der Waals surface area contributed by atoms with Gasteiger partial charge in [0.2, 0.25) is 0 Å². The summed E-state index contributed by atoms with van der Waals surface area (Å²) in [7, 11) is -3.31. The molecule has 2 aromatic rings. The molecule has 2 aromatic carbocycles. The van der Waals surface area contributed by atoms with Gasteiger partial charge in [-0.25, -0.2) is 8.42 Å². The van der Waals surface area contributed by atoms with Crippen LogP contribution in [0.2, 0.25) is 0 Å². The van der Waals surface area contributed by atoms with E-state index in [9.17, 15) is 23.3 Å². The molecule has 0 amide bonds. The van der Waals surface area contributed by atoms with Crippen LogP contribution in [-0.4, -0.2) is 25.4 Å². The van der Waals surface area contributed by atoms with Crippen molar-refractivity contribution in [2.75, 3.05) is 5.75 Å². The molecule has 0 saturated heterocycles. The number of hydrogen-bond donors (Lipinski definition) is 0. The van der Waals surface area contributed by atoms with Gasteiger partial charge in [0.15, 0.2) is 22.2 Å². The molecule has 0 aliphatic heterocycles. The summed E-state index contributed by atoms with van der Waals surface area (Å²) >= 11 is 0. The molecular formula is C16H15NO6S. The third-order valence-electron chi connectivity index (χ3n) is 3.38. The molecule has 0 heterocycles. The van der Waals surface area contributed by atoms with Gasteiger partial charge in [0.1, 0.15) is 5.75 Å². The molecule has 0 saturated carbocycles. The van der Waals surface area contributed by atoms with E-state index in [1.807, 2.05) is 0 Å². The molecule has 24 heavy (non-hydrogen) atoms. The minimum absolute atomic E-state index is 0.0112. The standard InChI is InChI=1S/C16H15NO6S/c1-2-24(21,22)15-9-3-12(4-10-15)16(11-18)23-14-7-5-13(6-8-14)17(19)20/h3-11,16H,2H2,1H3. The van der Waals surface area contributed by atoms with E-state index in [4.69, 9.17) is 4.74 Å². The fourth-order valence-corrected chi connectivity index (χ4v) is 2.88. The highest BCUT2D eigenvalue weighted by Gasteiger charge is 2.16. The molecule has 0 bridgehead atoms. The fraction of sp³-hybridized carbons (Fsp3) is 0.188. The van der Waals surface area contributed by atoms with Crippen LogP contribution in [0.5, 0.6) is 5.75 Å². The van der Waals surface area contributed by atoms with Gasteiger partial charge >= 0.3 is 0 Å². The summed E-state index contributed by atoms with van der Waals surface area (Å²) in [6.07, 6.45) is -0.366. The number of ether oxygens (including phenoxy) is 1. The molecule has 0 radical (unpaired) electrons. The van der Waals surface area contributed by atoms with Crippen molar-refractivity contribution in [3.05, 3.63) is 64.2 Å². The van der Waals surface area contributed by atoms with Gasteiger partial charge in [-0.1, -0.05) is 19.1 Å². The van der Waals surface area contributed by atoms with Crippen LogP contribution in [-0.2, 0) is 14.6 Å². The lowest BCUT2D eigenvalue weighted by Gasteiger charge is -2.14. The molecule has 0 aliphatic carbocycles.